The fourth-order valence-corrected chi connectivity index (χ4v) is 3.69. The van der Waals surface area contributed by atoms with Crippen LogP contribution in [0.25, 0.3) is 0 Å². The second-order valence-corrected chi connectivity index (χ2v) is 8.88. The number of rotatable bonds is 5. The van der Waals surface area contributed by atoms with Gasteiger partial charge in [0.1, 0.15) is 13.2 Å². The lowest BCUT2D eigenvalue weighted by atomic mass is 9.85. The Morgan fingerprint density at radius 3 is 2.19 bits per heavy atom. The number of piperazine rings is 1. The monoisotopic (exact) mass is 437 g/mol. The summed E-state index contributed by atoms with van der Waals surface area (Å²) in [6.07, 6.45) is 0. The summed E-state index contributed by atoms with van der Waals surface area (Å²) in [5, 5.41) is 2.37. The largest absolute Gasteiger partial charge is 0.460 e. The molecule has 1 heterocycles. The van der Waals surface area contributed by atoms with Crippen LogP contribution in [0.1, 0.15) is 31.9 Å². The maximum absolute atomic E-state index is 12.5. The van der Waals surface area contributed by atoms with Crippen molar-refractivity contribution in [2.75, 3.05) is 37.6 Å². The van der Waals surface area contributed by atoms with Crippen LogP contribution in [0.2, 0.25) is 0 Å². The molecule has 0 saturated carbocycles. The summed E-state index contributed by atoms with van der Waals surface area (Å²) in [5.74, 6) is -1.99. The lowest BCUT2D eigenvalue weighted by Crippen LogP contribution is -2.53. The number of ether oxygens (including phenoxy) is 1. The Kier molecular flexibility index (Phi) is 7.51. The maximum Gasteiger partial charge on any atom is 0.325 e. The third kappa shape index (κ3) is 6.09. The molecule has 170 valence electrons. The molecule has 1 saturated heterocycles. The molecule has 2 amide bonds. The van der Waals surface area contributed by atoms with Crippen molar-refractivity contribution in [3.8, 4) is 0 Å². The normalized spacial score (nSPS) is 14.1. The van der Waals surface area contributed by atoms with Crippen LogP contribution in [0.3, 0.4) is 0 Å². The van der Waals surface area contributed by atoms with Crippen molar-refractivity contribution in [1.82, 2.24) is 10.2 Å². The molecule has 0 spiro atoms. The molecule has 1 aliphatic heterocycles. The summed E-state index contributed by atoms with van der Waals surface area (Å²) in [7, 11) is 0. The summed E-state index contributed by atoms with van der Waals surface area (Å²) in [5.41, 5.74) is 3.29. The van der Waals surface area contributed by atoms with E-state index in [0.29, 0.717) is 26.2 Å². The summed E-state index contributed by atoms with van der Waals surface area (Å²) in [4.78, 5) is 40.4. The first-order valence-electron chi connectivity index (χ1n) is 10.9. The highest BCUT2D eigenvalue weighted by Gasteiger charge is 2.28. The van der Waals surface area contributed by atoms with Gasteiger partial charge in [-0.3, -0.25) is 14.4 Å². The first-order valence-corrected chi connectivity index (χ1v) is 10.9. The van der Waals surface area contributed by atoms with E-state index < -0.39 is 17.8 Å². The van der Waals surface area contributed by atoms with Crippen molar-refractivity contribution in [2.45, 2.75) is 32.8 Å². The second-order valence-electron chi connectivity index (χ2n) is 8.88. The van der Waals surface area contributed by atoms with Crippen LogP contribution in [0.15, 0.2) is 54.6 Å². The molecule has 2 aromatic rings. The van der Waals surface area contributed by atoms with Crippen molar-refractivity contribution < 1.29 is 19.1 Å². The molecule has 0 aromatic heterocycles. The smallest absolute Gasteiger partial charge is 0.325 e. The molecule has 0 aliphatic carbocycles. The molecule has 0 radical (unpaired) electrons. The van der Waals surface area contributed by atoms with E-state index in [0.717, 1.165) is 11.3 Å². The van der Waals surface area contributed by atoms with Crippen LogP contribution < -0.4 is 10.2 Å². The van der Waals surface area contributed by atoms with Crippen LogP contribution in [0.4, 0.5) is 5.69 Å². The van der Waals surface area contributed by atoms with Crippen molar-refractivity contribution in [3.63, 3.8) is 0 Å². The molecule has 1 fully saturated rings. The molecule has 7 nitrogen and oxygen atoms in total. The van der Waals surface area contributed by atoms with Gasteiger partial charge in [0.2, 0.25) is 0 Å². The number of para-hydroxylation sites is 1. The number of carbonyl (C=O) groups excluding carboxylic acids is 3. The van der Waals surface area contributed by atoms with E-state index in [2.05, 4.69) is 43.1 Å². The quantitative estimate of drug-likeness (QED) is 0.574. The summed E-state index contributed by atoms with van der Waals surface area (Å²) in [6.45, 7) is 8.52. The van der Waals surface area contributed by atoms with Crippen molar-refractivity contribution in [1.29, 1.82) is 0 Å². The Morgan fingerprint density at radius 2 is 1.53 bits per heavy atom. The highest BCUT2D eigenvalue weighted by Crippen LogP contribution is 2.32. The molecule has 0 atom stereocenters. The Hall–Kier alpha value is -3.35. The number of hydrogen-bond acceptors (Lipinski definition) is 5. The number of anilines is 1. The van der Waals surface area contributed by atoms with Gasteiger partial charge < -0.3 is 19.9 Å². The van der Waals surface area contributed by atoms with E-state index in [4.69, 9.17) is 4.74 Å². The number of carbonyl (C=O) groups is 3. The molecule has 2 aromatic carbocycles. The van der Waals surface area contributed by atoms with Crippen LogP contribution >= 0.6 is 0 Å². The van der Waals surface area contributed by atoms with Gasteiger partial charge >= 0.3 is 17.8 Å². The SMILES string of the molecule is CC(C)(C)c1ccccc1N1CCN(C(=O)C(=O)NCC(=O)OCc2ccccc2)CC1. The fourth-order valence-electron chi connectivity index (χ4n) is 3.69. The molecule has 32 heavy (non-hydrogen) atoms. The van der Waals surface area contributed by atoms with Gasteiger partial charge in [0.25, 0.3) is 0 Å². The van der Waals surface area contributed by atoms with E-state index in [1.165, 1.54) is 10.5 Å². The van der Waals surface area contributed by atoms with Gasteiger partial charge in [0.05, 0.1) is 0 Å². The van der Waals surface area contributed by atoms with Crippen LogP contribution in [0.5, 0.6) is 0 Å². The highest BCUT2D eigenvalue weighted by atomic mass is 16.5. The lowest BCUT2D eigenvalue weighted by Gasteiger charge is -2.38. The van der Waals surface area contributed by atoms with Crippen LogP contribution in [-0.4, -0.2) is 55.4 Å². The predicted octanol–water partition coefficient (Wildman–Crippen LogP) is 2.49. The number of benzene rings is 2. The molecule has 1 aliphatic rings. The Bertz CT molecular complexity index is 945. The van der Waals surface area contributed by atoms with Crippen molar-refractivity contribution >= 4 is 23.5 Å². The third-order valence-corrected chi connectivity index (χ3v) is 5.45. The average Bonchev–Trinajstić information content (AvgIpc) is 2.81. The van der Waals surface area contributed by atoms with Gasteiger partial charge in [-0.1, -0.05) is 69.3 Å². The van der Waals surface area contributed by atoms with Gasteiger partial charge in [-0.15, -0.1) is 0 Å². The molecule has 7 heteroatoms. The summed E-state index contributed by atoms with van der Waals surface area (Å²) >= 11 is 0. The summed E-state index contributed by atoms with van der Waals surface area (Å²) in [6, 6.07) is 17.6. The molecule has 1 N–H and O–H groups in total. The third-order valence-electron chi connectivity index (χ3n) is 5.45. The zero-order valence-electron chi connectivity index (χ0n) is 19.0. The standard InChI is InChI=1S/C25H31N3O4/c1-25(2,3)20-11-7-8-12-21(20)27-13-15-28(16-14-27)24(31)23(30)26-17-22(29)32-18-19-9-5-4-6-10-19/h4-12H,13-18H2,1-3H3,(H,26,30). The van der Waals surface area contributed by atoms with E-state index >= 15 is 0 Å². The first kappa shape index (κ1) is 23.3. The minimum atomic E-state index is -0.787. The lowest BCUT2D eigenvalue weighted by molar-refractivity contribution is -0.149. The van der Waals surface area contributed by atoms with Gasteiger partial charge in [-0.2, -0.15) is 0 Å². The minimum absolute atomic E-state index is 0.0125. The minimum Gasteiger partial charge on any atom is -0.460 e. The van der Waals surface area contributed by atoms with Gasteiger partial charge in [-0.25, -0.2) is 0 Å². The fraction of sp³-hybridized carbons (Fsp3) is 0.400. The second kappa shape index (κ2) is 10.3. The van der Waals surface area contributed by atoms with E-state index in [9.17, 15) is 14.4 Å². The van der Waals surface area contributed by atoms with Crippen LogP contribution in [-0.2, 0) is 31.1 Å². The number of amides is 2. The highest BCUT2D eigenvalue weighted by molar-refractivity contribution is 6.35. The van der Waals surface area contributed by atoms with Gasteiger partial charge in [-0.05, 0) is 22.6 Å². The molecule has 0 bridgehead atoms. The van der Waals surface area contributed by atoms with E-state index in [-0.39, 0.29) is 18.6 Å². The number of nitrogens with zero attached hydrogens (tertiary/aromatic N) is 2. The topological polar surface area (TPSA) is 79.0 Å². The van der Waals surface area contributed by atoms with E-state index in [1.807, 2.05) is 42.5 Å². The van der Waals surface area contributed by atoms with Crippen LogP contribution in [0, 0.1) is 0 Å². The number of nitrogens with one attached hydrogen (secondary N) is 1. The van der Waals surface area contributed by atoms with Crippen molar-refractivity contribution in [2.24, 2.45) is 0 Å². The predicted molar refractivity (Wildman–Crippen MR) is 123 cm³/mol. The van der Waals surface area contributed by atoms with E-state index in [1.54, 1.807) is 0 Å². The average molecular weight is 438 g/mol. The number of esters is 1. The molecular formula is C25H31N3O4. The molecular weight excluding hydrogens is 406 g/mol. The molecule has 0 unspecified atom stereocenters. The zero-order valence-corrected chi connectivity index (χ0v) is 19.0. The Balaban J connectivity index is 1.46. The zero-order chi connectivity index (χ0) is 23.1. The first-order chi connectivity index (χ1) is 15.3. The molecule has 3 rings (SSSR count). The van der Waals surface area contributed by atoms with Gasteiger partial charge in [0, 0.05) is 31.9 Å². The number of hydrogen-bond donors (Lipinski definition) is 1. The van der Waals surface area contributed by atoms with Gasteiger partial charge in [0.15, 0.2) is 0 Å². The Labute approximate surface area is 189 Å². The summed E-state index contributed by atoms with van der Waals surface area (Å²) < 4.78 is 5.12. The Morgan fingerprint density at radius 1 is 0.906 bits per heavy atom. The van der Waals surface area contributed by atoms with Crippen molar-refractivity contribution in [3.05, 3.63) is 65.7 Å². The maximum atomic E-state index is 12.5.